The van der Waals surface area contributed by atoms with E-state index < -0.39 is 12.1 Å². The van der Waals surface area contributed by atoms with Crippen LogP contribution in [0.1, 0.15) is 6.92 Å². The van der Waals surface area contributed by atoms with Crippen molar-refractivity contribution in [1.29, 1.82) is 0 Å². The standard InChI is InChI=1S/C5H9N3O3/c1-4(9)11-3-5(10)2-7-8-6/h5,10H,2-3H2,1H3. The zero-order valence-corrected chi connectivity index (χ0v) is 6.10. The van der Waals surface area contributed by atoms with Gasteiger partial charge in [-0.2, -0.15) is 0 Å². The predicted molar refractivity (Wildman–Crippen MR) is 36.7 cm³/mol. The van der Waals surface area contributed by atoms with E-state index in [0.717, 1.165) is 0 Å². The Labute approximate surface area is 63.4 Å². The van der Waals surface area contributed by atoms with Crippen LogP contribution in [0.3, 0.4) is 0 Å². The molecular formula is C5H9N3O3. The molecule has 0 rings (SSSR count). The van der Waals surface area contributed by atoms with Crippen molar-refractivity contribution in [2.75, 3.05) is 13.2 Å². The lowest BCUT2D eigenvalue weighted by Gasteiger charge is -2.05. The summed E-state index contributed by atoms with van der Waals surface area (Å²) in [5.41, 5.74) is 7.83. The second-order valence-electron chi connectivity index (χ2n) is 1.87. The van der Waals surface area contributed by atoms with Gasteiger partial charge in [-0.05, 0) is 5.53 Å². The smallest absolute Gasteiger partial charge is 0.302 e. The highest BCUT2D eigenvalue weighted by Crippen LogP contribution is 1.87. The van der Waals surface area contributed by atoms with Crippen LogP contribution >= 0.6 is 0 Å². The molecule has 6 nitrogen and oxygen atoms in total. The second-order valence-corrected chi connectivity index (χ2v) is 1.87. The second kappa shape index (κ2) is 5.52. The van der Waals surface area contributed by atoms with Crippen molar-refractivity contribution >= 4 is 5.97 Å². The quantitative estimate of drug-likeness (QED) is 0.275. The van der Waals surface area contributed by atoms with Gasteiger partial charge in [-0.1, -0.05) is 5.11 Å². The molecule has 0 aromatic heterocycles. The first-order chi connectivity index (χ1) is 5.16. The number of aliphatic hydroxyl groups excluding tert-OH is 1. The third-order valence-electron chi connectivity index (χ3n) is 0.835. The van der Waals surface area contributed by atoms with Gasteiger partial charge in [-0.25, -0.2) is 0 Å². The van der Waals surface area contributed by atoms with E-state index in [0.29, 0.717) is 0 Å². The van der Waals surface area contributed by atoms with Crippen molar-refractivity contribution in [2.24, 2.45) is 5.11 Å². The number of azide groups is 1. The van der Waals surface area contributed by atoms with Crippen LogP contribution < -0.4 is 0 Å². The summed E-state index contributed by atoms with van der Waals surface area (Å²) in [4.78, 5) is 12.6. The molecule has 0 fully saturated rings. The Morgan fingerprint density at radius 2 is 2.55 bits per heavy atom. The van der Waals surface area contributed by atoms with E-state index in [1.54, 1.807) is 0 Å². The van der Waals surface area contributed by atoms with Gasteiger partial charge in [0.15, 0.2) is 0 Å². The molecule has 1 atom stereocenters. The lowest BCUT2D eigenvalue weighted by Crippen LogP contribution is -2.19. The first-order valence-electron chi connectivity index (χ1n) is 2.99. The minimum Gasteiger partial charge on any atom is -0.463 e. The number of carbonyl (C=O) groups is 1. The normalized spacial score (nSPS) is 11.5. The molecule has 0 aromatic rings. The minimum atomic E-state index is -0.908. The van der Waals surface area contributed by atoms with Crippen molar-refractivity contribution in [2.45, 2.75) is 13.0 Å². The number of hydrogen-bond acceptors (Lipinski definition) is 4. The monoisotopic (exact) mass is 159 g/mol. The van der Waals surface area contributed by atoms with E-state index in [1.807, 2.05) is 0 Å². The zero-order valence-electron chi connectivity index (χ0n) is 6.10. The Bertz CT molecular complexity index is 176. The van der Waals surface area contributed by atoms with Gasteiger partial charge in [0.1, 0.15) is 6.61 Å². The Balaban J connectivity index is 3.44. The molecule has 0 saturated carbocycles. The average Bonchev–Trinajstić information content (AvgIpc) is 1.97. The molecule has 0 radical (unpaired) electrons. The molecule has 0 spiro atoms. The van der Waals surface area contributed by atoms with Crippen molar-refractivity contribution in [3.63, 3.8) is 0 Å². The van der Waals surface area contributed by atoms with Crippen molar-refractivity contribution < 1.29 is 14.6 Å². The molecule has 1 unspecified atom stereocenters. The molecule has 0 saturated heterocycles. The van der Waals surface area contributed by atoms with Gasteiger partial charge in [-0.15, -0.1) is 0 Å². The van der Waals surface area contributed by atoms with Gasteiger partial charge >= 0.3 is 5.97 Å². The average molecular weight is 159 g/mol. The first kappa shape index (κ1) is 9.74. The van der Waals surface area contributed by atoms with Gasteiger partial charge in [0, 0.05) is 11.8 Å². The molecule has 6 heteroatoms. The molecule has 0 aliphatic heterocycles. The Hall–Kier alpha value is -1.26. The summed E-state index contributed by atoms with van der Waals surface area (Å²) < 4.78 is 4.43. The highest BCUT2D eigenvalue weighted by atomic mass is 16.5. The molecule has 0 aromatic carbocycles. The fourth-order valence-electron chi connectivity index (χ4n) is 0.397. The highest BCUT2D eigenvalue weighted by molar-refractivity contribution is 5.65. The van der Waals surface area contributed by atoms with Crippen LogP contribution in [-0.2, 0) is 9.53 Å². The molecule has 0 aliphatic carbocycles. The molecule has 0 amide bonds. The maximum Gasteiger partial charge on any atom is 0.302 e. The lowest BCUT2D eigenvalue weighted by atomic mass is 10.4. The summed E-state index contributed by atoms with van der Waals surface area (Å²) in [7, 11) is 0. The molecule has 0 aliphatic rings. The van der Waals surface area contributed by atoms with Crippen LogP contribution in [0.2, 0.25) is 0 Å². The SMILES string of the molecule is CC(=O)OCC(O)CN=[N+]=[N-]. The Morgan fingerprint density at radius 1 is 1.91 bits per heavy atom. The van der Waals surface area contributed by atoms with E-state index >= 15 is 0 Å². The van der Waals surface area contributed by atoms with Crippen molar-refractivity contribution in [1.82, 2.24) is 0 Å². The highest BCUT2D eigenvalue weighted by Gasteiger charge is 2.03. The number of carbonyl (C=O) groups excluding carboxylic acids is 1. The van der Waals surface area contributed by atoms with Crippen LogP contribution in [0.4, 0.5) is 0 Å². The minimum absolute atomic E-state index is 0.0796. The molecular weight excluding hydrogens is 150 g/mol. The molecule has 0 bridgehead atoms. The van der Waals surface area contributed by atoms with Crippen LogP contribution in [0, 0.1) is 0 Å². The molecule has 62 valence electrons. The van der Waals surface area contributed by atoms with Crippen molar-refractivity contribution in [3.8, 4) is 0 Å². The maximum atomic E-state index is 10.2. The van der Waals surface area contributed by atoms with Crippen molar-refractivity contribution in [3.05, 3.63) is 10.4 Å². The molecule has 11 heavy (non-hydrogen) atoms. The predicted octanol–water partition coefficient (Wildman–Crippen LogP) is 0.221. The number of rotatable bonds is 4. The summed E-state index contributed by atoms with van der Waals surface area (Å²) in [6.07, 6.45) is -0.908. The fourth-order valence-corrected chi connectivity index (χ4v) is 0.397. The molecule has 1 N–H and O–H groups in total. The van der Waals surface area contributed by atoms with E-state index in [2.05, 4.69) is 14.8 Å². The zero-order chi connectivity index (χ0) is 8.69. The van der Waals surface area contributed by atoms with E-state index in [9.17, 15) is 4.79 Å². The van der Waals surface area contributed by atoms with Gasteiger partial charge in [0.25, 0.3) is 0 Å². The van der Waals surface area contributed by atoms with E-state index in [4.69, 9.17) is 10.6 Å². The molecule has 0 heterocycles. The number of hydrogen-bond donors (Lipinski definition) is 1. The maximum absolute atomic E-state index is 10.2. The third kappa shape index (κ3) is 6.63. The van der Waals surface area contributed by atoms with E-state index in [-0.39, 0.29) is 13.2 Å². The largest absolute Gasteiger partial charge is 0.463 e. The third-order valence-corrected chi connectivity index (χ3v) is 0.835. The summed E-state index contributed by atoms with van der Waals surface area (Å²) >= 11 is 0. The van der Waals surface area contributed by atoms with Crippen LogP contribution in [-0.4, -0.2) is 30.3 Å². The summed E-state index contributed by atoms with van der Waals surface area (Å²) in [6, 6.07) is 0. The Kier molecular flexibility index (Phi) is 4.89. The lowest BCUT2D eigenvalue weighted by molar-refractivity contribution is -0.143. The summed E-state index contributed by atoms with van der Waals surface area (Å²) in [5, 5.41) is 12.0. The van der Waals surface area contributed by atoms with Crippen LogP contribution in [0.25, 0.3) is 10.4 Å². The fraction of sp³-hybridized carbons (Fsp3) is 0.800. The number of esters is 1. The van der Waals surface area contributed by atoms with Gasteiger partial charge in [0.05, 0.1) is 12.6 Å². The van der Waals surface area contributed by atoms with Crippen LogP contribution in [0.5, 0.6) is 0 Å². The Morgan fingerprint density at radius 3 is 3.00 bits per heavy atom. The summed E-state index contributed by atoms with van der Waals surface area (Å²) in [6.45, 7) is 1.03. The number of nitrogens with zero attached hydrogens (tertiary/aromatic N) is 3. The van der Waals surface area contributed by atoms with Gasteiger partial charge < -0.3 is 9.84 Å². The van der Waals surface area contributed by atoms with Crippen LogP contribution in [0.15, 0.2) is 5.11 Å². The number of aliphatic hydroxyl groups is 1. The summed E-state index contributed by atoms with van der Waals surface area (Å²) in [5.74, 6) is -0.468. The topological polar surface area (TPSA) is 95.3 Å². The van der Waals surface area contributed by atoms with Gasteiger partial charge in [-0.3, -0.25) is 4.79 Å². The van der Waals surface area contributed by atoms with E-state index in [1.165, 1.54) is 6.92 Å². The number of ether oxygens (including phenoxy) is 1. The first-order valence-corrected chi connectivity index (χ1v) is 2.99. The van der Waals surface area contributed by atoms with Gasteiger partial charge in [0.2, 0.25) is 0 Å².